The summed E-state index contributed by atoms with van der Waals surface area (Å²) in [7, 11) is -3.63. The molecule has 1 saturated carbocycles. The summed E-state index contributed by atoms with van der Waals surface area (Å²) in [5.41, 5.74) is 1.21. The lowest BCUT2D eigenvalue weighted by Crippen LogP contribution is -2.34. The second kappa shape index (κ2) is 8.19. The van der Waals surface area contributed by atoms with E-state index in [2.05, 4.69) is 0 Å². The Kier molecular flexibility index (Phi) is 6.78. The first-order chi connectivity index (χ1) is 11.0. The van der Waals surface area contributed by atoms with E-state index >= 15 is 0 Å². The minimum Gasteiger partial charge on any atom is -0.407 e. The molecule has 0 aromatic rings. The number of ketones is 1. The molecule has 0 heterocycles. The molecule has 0 aliphatic heterocycles. The van der Waals surface area contributed by atoms with Gasteiger partial charge < -0.3 is 4.52 Å². The zero-order chi connectivity index (χ0) is 17.0. The highest BCUT2D eigenvalue weighted by Crippen LogP contribution is 2.57. The number of hydrogen-bond donors (Lipinski definition) is 0. The van der Waals surface area contributed by atoms with Gasteiger partial charge in [0.05, 0.1) is 18.5 Å². The van der Waals surface area contributed by atoms with Crippen LogP contribution >= 0.6 is 19.6 Å². The lowest BCUT2D eigenvalue weighted by Gasteiger charge is -2.36. The Morgan fingerprint density at radius 1 is 1.30 bits per heavy atom. The Labute approximate surface area is 143 Å². The van der Waals surface area contributed by atoms with Crippen molar-refractivity contribution in [3.63, 3.8) is 0 Å². The second-order valence-corrected chi connectivity index (χ2v) is 8.53. The summed E-state index contributed by atoms with van der Waals surface area (Å²) in [6, 6.07) is 0. The van der Waals surface area contributed by atoms with E-state index in [4.69, 9.17) is 13.6 Å². The molecule has 5 nitrogen and oxygen atoms in total. The molecule has 0 aromatic heterocycles. The van der Waals surface area contributed by atoms with Crippen molar-refractivity contribution in [1.82, 2.24) is 0 Å². The molecule has 0 N–H and O–H groups in total. The maximum Gasteiger partial charge on any atom is 0.529 e. The fourth-order valence-corrected chi connectivity index (χ4v) is 5.99. The maximum atomic E-state index is 12.8. The van der Waals surface area contributed by atoms with Crippen LogP contribution in [0.1, 0.15) is 46.5 Å². The first-order valence-corrected chi connectivity index (χ1v) is 11.1. The number of hydrogen-bond acceptors (Lipinski definition) is 6. The third-order valence-electron chi connectivity index (χ3n) is 4.53. The van der Waals surface area contributed by atoms with Crippen LogP contribution in [0.3, 0.4) is 0 Å². The molecule has 2 aliphatic rings. The monoisotopic (exact) mass is 362 g/mol. The van der Waals surface area contributed by atoms with E-state index in [0.29, 0.717) is 11.7 Å². The van der Waals surface area contributed by atoms with Crippen LogP contribution in [0, 0.1) is 11.8 Å². The molecular weight excluding hydrogens is 335 g/mol. The summed E-state index contributed by atoms with van der Waals surface area (Å²) in [5, 5.41) is -0.105. The van der Waals surface area contributed by atoms with Gasteiger partial charge in [-0.15, -0.1) is 0 Å². The van der Waals surface area contributed by atoms with Crippen LogP contribution in [0.4, 0.5) is 0 Å². The van der Waals surface area contributed by atoms with E-state index in [0.717, 1.165) is 25.7 Å². The van der Waals surface area contributed by atoms with Crippen molar-refractivity contribution < 1.29 is 22.9 Å². The standard InChI is InChI=1S/C16H27O5PS/c1-5-19-22(18,20-6-2)21-15-13-9-7-8-12(13)10-14(11(3)17)16(15)23-4/h12,14,16H,5-10H2,1-4H3/t12-,14?,16+/m1/s1. The van der Waals surface area contributed by atoms with Crippen LogP contribution in [0.5, 0.6) is 0 Å². The van der Waals surface area contributed by atoms with E-state index in [1.165, 1.54) is 5.57 Å². The quantitative estimate of drug-likeness (QED) is 0.589. The molecule has 7 heteroatoms. The molecule has 0 saturated heterocycles. The van der Waals surface area contributed by atoms with Crippen molar-refractivity contribution in [1.29, 1.82) is 0 Å². The lowest BCUT2D eigenvalue weighted by molar-refractivity contribution is -0.121. The minimum atomic E-state index is -3.63. The second-order valence-electron chi connectivity index (χ2n) is 5.96. The molecule has 23 heavy (non-hydrogen) atoms. The number of allylic oxidation sites excluding steroid dienone is 1. The molecule has 0 radical (unpaired) electrons. The Morgan fingerprint density at radius 2 is 1.96 bits per heavy atom. The fraction of sp³-hybridized carbons (Fsp3) is 0.812. The third-order valence-corrected chi connectivity index (χ3v) is 7.15. The van der Waals surface area contributed by atoms with E-state index in [1.54, 1.807) is 32.5 Å². The van der Waals surface area contributed by atoms with Gasteiger partial charge >= 0.3 is 7.82 Å². The number of fused-ring (bicyclic) bond motifs is 1. The van der Waals surface area contributed by atoms with E-state index in [1.807, 2.05) is 6.26 Å². The normalized spacial score (nSPS) is 27.9. The number of carbonyl (C=O) groups is 1. The SMILES string of the molecule is CCOP(=O)(OCC)OC1=C2CCC[C@@H]2CC(C(C)=O)[C@@H]1SC. The van der Waals surface area contributed by atoms with Gasteiger partial charge in [0, 0.05) is 5.92 Å². The summed E-state index contributed by atoms with van der Waals surface area (Å²) in [6.07, 6.45) is 5.94. The predicted molar refractivity (Wildman–Crippen MR) is 92.4 cm³/mol. The number of Topliss-reactive ketones (excluding diaryl/α,β-unsaturated/α-hetero) is 1. The van der Waals surface area contributed by atoms with Crippen LogP contribution in [0.2, 0.25) is 0 Å². The molecule has 0 bridgehead atoms. The highest BCUT2D eigenvalue weighted by Gasteiger charge is 2.44. The summed E-state index contributed by atoms with van der Waals surface area (Å²) in [6.45, 7) is 5.66. The molecule has 132 valence electrons. The Hall–Kier alpha value is -0.290. The topological polar surface area (TPSA) is 61.8 Å². The molecule has 2 rings (SSSR count). The molecule has 1 unspecified atom stereocenters. The first kappa shape index (κ1) is 19.0. The van der Waals surface area contributed by atoms with Crippen molar-refractivity contribution in [2.75, 3.05) is 19.5 Å². The van der Waals surface area contributed by atoms with Gasteiger partial charge in [0.15, 0.2) is 0 Å². The Morgan fingerprint density at radius 3 is 2.48 bits per heavy atom. The maximum absolute atomic E-state index is 12.8. The van der Waals surface area contributed by atoms with Crippen LogP contribution in [-0.2, 0) is 22.9 Å². The zero-order valence-corrected chi connectivity index (χ0v) is 16.1. The van der Waals surface area contributed by atoms with Gasteiger partial charge in [-0.2, -0.15) is 11.8 Å². The summed E-state index contributed by atoms with van der Waals surface area (Å²) >= 11 is 1.58. The van der Waals surface area contributed by atoms with Crippen molar-refractivity contribution in [3.05, 3.63) is 11.3 Å². The van der Waals surface area contributed by atoms with Crippen molar-refractivity contribution in [2.24, 2.45) is 11.8 Å². The summed E-state index contributed by atoms with van der Waals surface area (Å²) < 4.78 is 29.3. The highest BCUT2D eigenvalue weighted by atomic mass is 32.2. The van der Waals surface area contributed by atoms with E-state index in [9.17, 15) is 9.36 Å². The van der Waals surface area contributed by atoms with Crippen LogP contribution in [0.25, 0.3) is 0 Å². The minimum absolute atomic E-state index is 0.0939. The molecular formula is C16H27O5PS. The summed E-state index contributed by atoms with van der Waals surface area (Å²) in [5.74, 6) is 1.11. The summed E-state index contributed by atoms with van der Waals surface area (Å²) in [4.78, 5) is 12.1. The number of rotatable bonds is 8. The van der Waals surface area contributed by atoms with Gasteiger partial charge in [0.2, 0.25) is 0 Å². The average molecular weight is 362 g/mol. The van der Waals surface area contributed by atoms with Gasteiger partial charge in [0.1, 0.15) is 11.5 Å². The number of carbonyl (C=O) groups excluding carboxylic acids is 1. The number of phosphoric ester groups is 1. The van der Waals surface area contributed by atoms with Crippen LogP contribution in [-0.4, -0.2) is 30.5 Å². The highest BCUT2D eigenvalue weighted by molar-refractivity contribution is 7.99. The number of phosphoric acid groups is 1. The van der Waals surface area contributed by atoms with Gasteiger partial charge in [-0.05, 0) is 64.2 Å². The lowest BCUT2D eigenvalue weighted by atomic mass is 9.79. The molecule has 0 aromatic carbocycles. The van der Waals surface area contributed by atoms with Gasteiger partial charge in [-0.25, -0.2) is 4.57 Å². The molecule has 1 fully saturated rings. The third kappa shape index (κ3) is 4.22. The zero-order valence-electron chi connectivity index (χ0n) is 14.4. The van der Waals surface area contributed by atoms with E-state index < -0.39 is 7.82 Å². The molecule has 0 spiro atoms. The van der Waals surface area contributed by atoms with E-state index in [-0.39, 0.29) is 30.2 Å². The van der Waals surface area contributed by atoms with Gasteiger partial charge in [-0.3, -0.25) is 13.8 Å². The van der Waals surface area contributed by atoms with Gasteiger partial charge in [0.25, 0.3) is 0 Å². The van der Waals surface area contributed by atoms with Crippen molar-refractivity contribution >= 4 is 25.4 Å². The van der Waals surface area contributed by atoms with Crippen LogP contribution < -0.4 is 0 Å². The largest absolute Gasteiger partial charge is 0.529 e. The first-order valence-electron chi connectivity index (χ1n) is 8.30. The number of thioether (sulfide) groups is 1. The Balaban J connectivity index is 2.37. The average Bonchev–Trinajstić information content (AvgIpc) is 2.95. The smallest absolute Gasteiger partial charge is 0.407 e. The fourth-order valence-electron chi connectivity index (χ4n) is 3.59. The molecule has 3 atom stereocenters. The van der Waals surface area contributed by atoms with Crippen LogP contribution in [0.15, 0.2) is 11.3 Å². The Bertz CT molecular complexity index is 509. The van der Waals surface area contributed by atoms with Crippen molar-refractivity contribution in [2.45, 2.75) is 51.7 Å². The van der Waals surface area contributed by atoms with Gasteiger partial charge in [-0.1, -0.05) is 0 Å². The molecule has 0 amide bonds. The molecule has 2 aliphatic carbocycles. The van der Waals surface area contributed by atoms with Crippen molar-refractivity contribution in [3.8, 4) is 0 Å². The predicted octanol–water partition coefficient (Wildman–Crippen LogP) is 4.58.